The van der Waals surface area contributed by atoms with E-state index < -0.39 is 5.97 Å². The minimum Gasteiger partial charge on any atom is -0.495 e. The molecule has 0 unspecified atom stereocenters. The monoisotopic (exact) mass is 248 g/mol. The van der Waals surface area contributed by atoms with Gasteiger partial charge in [-0.05, 0) is 13.0 Å². The molecule has 0 saturated heterocycles. The zero-order valence-electron chi connectivity index (χ0n) is 10.2. The number of hydrogen-bond acceptors (Lipinski definition) is 5. The number of fused-ring (bicyclic) bond motifs is 1. The number of benzene rings is 1. The van der Waals surface area contributed by atoms with Crippen LogP contribution < -0.4 is 4.74 Å². The van der Waals surface area contributed by atoms with Gasteiger partial charge in [-0.15, -0.1) is 0 Å². The third-order valence-electron chi connectivity index (χ3n) is 2.66. The number of carbonyl (C=O) groups is 2. The van der Waals surface area contributed by atoms with E-state index in [1.54, 1.807) is 6.20 Å². The van der Waals surface area contributed by atoms with E-state index in [0.717, 1.165) is 0 Å². The van der Waals surface area contributed by atoms with Crippen LogP contribution in [0.25, 0.3) is 10.9 Å². The molecule has 0 aliphatic heterocycles. The predicted octanol–water partition coefficient (Wildman–Crippen LogP) is 1.56. The third kappa shape index (κ3) is 1.71. The number of hydrogen-bond donors (Lipinski definition) is 1. The summed E-state index contributed by atoms with van der Waals surface area (Å²) in [5.41, 5.74) is 0.982. The number of Topliss-reactive ketones (excluding diaryl/α,β-unsaturated/α-hetero) is 1. The van der Waals surface area contributed by atoms with Crippen LogP contribution >= 0.6 is 0 Å². The Hall–Kier alpha value is -2.37. The number of nitrogens with one attached hydrogen (secondary N) is 1. The van der Waals surface area contributed by atoms with E-state index in [9.17, 15) is 9.59 Å². The molecule has 1 aromatic carbocycles. The van der Waals surface area contributed by atoms with Gasteiger partial charge in [0, 0.05) is 6.20 Å². The Morgan fingerprint density at radius 3 is 2.56 bits per heavy atom. The van der Waals surface area contributed by atoms with Crippen molar-refractivity contribution in [2.75, 3.05) is 14.2 Å². The number of ether oxygens (including phenoxy) is 2. The summed E-state index contributed by atoms with van der Waals surface area (Å²) in [6.07, 6.45) is 1.58. The number of aromatic nitrogens is 2. The molecule has 0 radical (unpaired) electrons. The number of carbonyl (C=O) groups excluding carboxylic acids is 2. The maximum atomic E-state index is 11.7. The van der Waals surface area contributed by atoms with E-state index in [1.165, 1.54) is 27.2 Å². The number of rotatable bonds is 3. The van der Waals surface area contributed by atoms with Crippen molar-refractivity contribution in [3.63, 3.8) is 0 Å². The van der Waals surface area contributed by atoms with Crippen LogP contribution in [-0.2, 0) is 4.74 Å². The van der Waals surface area contributed by atoms with Crippen LogP contribution in [0, 0.1) is 0 Å². The minimum atomic E-state index is -0.544. The van der Waals surface area contributed by atoms with E-state index in [-0.39, 0.29) is 11.3 Å². The van der Waals surface area contributed by atoms with Crippen molar-refractivity contribution in [2.24, 2.45) is 0 Å². The van der Waals surface area contributed by atoms with Crippen molar-refractivity contribution in [1.82, 2.24) is 10.2 Å². The van der Waals surface area contributed by atoms with Crippen molar-refractivity contribution in [3.05, 3.63) is 23.4 Å². The maximum Gasteiger partial charge on any atom is 0.340 e. The molecule has 94 valence electrons. The van der Waals surface area contributed by atoms with Crippen LogP contribution in [0.1, 0.15) is 27.6 Å². The van der Waals surface area contributed by atoms with Gasteiger partial charge < -0.3 is 9.47 Å². The van der Waals surface area contributed by atoms with E-state index in [2.05, 4.69) is 14.9 Å². The smallest absolute Gasteiger partial charge is 0.340 e. The largest absolute Gasteiger partial charge is 0.495 e. The first-order valence-corrected chi connectivity index (χ1v) is 5.23. The molecule has 2 aromatic rings. The highest BCUT2D eigenvalue weighted by Gasteiger charge is 2.21. The van der Waals surface area contributed by atoms with E-state index in [0.29, 0.717) is 22.2 Å². The zero-order chi connectivity index (χ0) is 13.3. The molecule has 0 fully saturated rings. The lowest BCUT2D eigenvalue weighted by molar-refractivity contribution is 0.0602. The molecule has 2 rings (SSSR count). The highest BCUT2D eigenvalue weighted by atomic mass is 16.5. The first-order valence-electron chi connectivity index (χ1n) is 5.23. The van der Waals surface area contributed by atoms with Crippen LogP contribution in [0.15, 0.2) is 12.3 Å². The summed E-state index contributed by atoms with van der Waals surface area (Å²) in [5, 5.41) is 7.20. The Bertz CT molecular complexity index is 630. The summed E-state index contributed by atoms with van der Waals surface area (Å²) in [6, 6.07) is 1.44. The SMILES string of the molecule is COC(=O)c1cc(C(C)=O)c(OC)c2c[nH]nc12. The normalized spacial score (nSPS) is 10.4. The second-order valence-corrected chi connectivity index (χ2v) is 3.70. The van der Waals surface area contributed by atoms with Gasteiger partial charge in [0.05, 0.1) is 30.7 Å². The summed E-state index contributed by atoms with van der Waals surface area (Å²) in [7, 11) is 2.74. The molecule has 0 amide bonds. The highest BCUT2D eigenvalue weighted by molar-refractivity contribution is 6.10. The van der Waals surface area contributed by atoms with Crippen molar-refractivity contribution in [1.29, 1.82) is 0 Å². The molecule has 0 spiro atoms. The molecular weight excluding hydrogens is 236 g/mol. The lowest BCUT2D eigenvalue weighted by atomic mass is 10.0. The molecule has 0 aliphatic carbocycles. The van der Waals surface area contributed by atoms with Crippen molar-refractivity contribution >= 4 is 22.7 Å². The lowest BCUT2D eigenvalue weighted by Gasteiger charge is -2.09. The Balaban J connectivity index is 2.84. The molecule has 0 saturated carbocycles. The molecule has 1 aromatic heterocycles. The standard InChI is InChI=1S/C12H12N2O4/c1-6(15)7-4-8(12(16)18-3)10-9(5-13-14-10)11(7)17-2/h4-5H,1-3H3,(H,13,14). The highest BCUT2D eigenvalue weighted by Crippen LogP contribution is 2.31. The number of nitrogens with zero attached hydrogens (tertiary/aromatic N) is 1. The average molecular weight is 248 g/mol. The fourth-order valence-corrected chi connectivity index (χ4v) is 1.84. The summed E-state index contributed by atoms with van der Waals surface area (Å²) >= 11 is 0. The van der Waals surface area contributed by atoms with Gasteiger partial charge in [-0.3, -0.25) is 9.89 Å². The van der Waals surface area contributed by atoms with E-state index in [4.69, 9.17) is 4.74 Å². The van der Waals surface area contributed by atoms with Crippen LogP contribution in [0.5, 0.6) is 5.75 Å². The van der Waals surface area contributed by atoms with Gasteiger partial charge in [-0.2, -0.15) is 5.10 Å². The van der Waals surface area contributed by atoms with Crippen molar-refractivity contribution in [3.8, 4) is 5.75 Å². The van der Waals surface area contributed by atoms with E-state index >= 15 is 0 Å². The molecule has 6 nitrogen and oxygen atoms in total. The van der Waals surface area contributed by atoms with Gasteiger partial charge in [-0.1, -0.05) is 0 Å². The zero-order valence-corrected chi connectivity index (χ0v) is 10.2. The van der Waals surface area contributed by atoms with Gasteiger partial charge in [0.1, 0.15) is 11.3 Å². The average Bonchev–Trinajstić information content (AvgIpc) is 2.84. The van der Waals surface area contributed by atoms with Crippen molar-refractivity contribution in [2.45, 2.75) is 6.92 Å². The fourth-order valence-electron chi connectivity index (χ4n) is 1.84. The Morgan fingerprint density at radius 2 is 2.00 bits per heavy atom. The fraction of sp³-hybridized carbons (Fsp3) is 0.250. The quantitative estimate of drug-likeness (QED) is 0.658. The number of H-pyrrole nitrogens is 1. The molecule has 0 aliphatic rings. The van der Waals surface area contributed by atoms with Crippen LogP contribution in [-0.4, -0.2) is 36.2 Å². The van der Waals surface area contributed by atoms with Gasteiger partial charge >= 0.3 is 5.97 Å². The predicted molar refractivity (Wildman–Crippen MR) is 64.0 cm³/mol. The second-order valence-electron chi connectivity index (χ2n) is 3.70. The third-order valence-corrected chi connectivity index (χ3v) is 2.66. The Morgan fingerprint density at radius 1 is 1.28 bits per heavy atom. The topological polar surface area (TPSA) is 81.3 Å². The maximum absolute atomic E-state index is 11.7. The van der Waals surface area contributed by atoms with Crippen LogP contribution in [0.4, 0.5) is 0 Å². The summed E-state index contributed by atoms with van der Waals surface area (Å²) in [6.45, 7) is 1.41. The minimum absolute atomic E-state index is 0.194. The van der Waals surface area contributed by atoms with E-state index in [1.807, 2.05) is 0 Å². The lowest BCUT2D eigenvalue weighted by Crippen LogP contribution is -2.06. The molecule has 1 N–H and O–H groups in total. The molecular formula is C12H12N2O4. The summed E-state index contributed by atoms with van der Waals surface area (Å²) in [5.74, 6) is -0.337. The molecule has 6 heteroatoms. The van der Waals surface area contributed by atoms with Gasteiger partial charge in [0.15, 0.2) is 5.78 Å². The molecule has 18 heavy (non-hydrogen) atoms. The van der Waals surface area contributed by atoms with Gasteiger partial charge in [-0.25, -0.2) is 4.79 Å². The summed E-state index contributed by atoms with van der Waals surface area (Å²) < 4.78 is 9.89. The first kappa shape index (κ1) is 12.1. The Labute approximate surface area is 103 Å². The number of methoxy groups -OCH3 is 2. The summed E-state index contributed by atoms with van der Waals surface area (Å²) in [4.78, 5) is 23.3. The Kier molecular flexibility index (Phi) is 3.01. The van der Waals surface area contributed by atoms with Gasteiger partial charge in [0.2, 0.25) is 0 Å². The molecule has 0 bridgehead atoms. The number of ketones is 1. The number of esters is 1. The second kappa shape index (κ2) is 4.48. The first-order chi connectivity index (χ1) is 8.60. The van der Waals surface area contributed by atoms with Crippen molar-refractivity contribution < 1.29 is 19.1 Å². The van der Waals surface area contributed by atoms with Crippen LogP contribution in [0.3, 0.4) is 0 Å². The molecule has 1 heterocycles. The van der Waals surface area contributed by atoms with Gasteiger partial charge in [0.25, 0.3) is 0 Å². The van der Waals surface area contributed by atoms with Crippen LogP contribution in [0.2, 0.25) is 0 Å². The number of aromatic amines is 1. The molecule has 0 atom stereocenters.